The average molecular weight is 265 g/mol. The van der Waals surface area contributed by atoms with Gasteiger partial charge < -0.3 is 15.4 Å². The summed E-state index contributed by atoms with van der Waals surface area (Å²) in [6.07, 6.45) is 3.68. The van der Waals surface area contributed by atoms with Crippen LogP contribution in [0.25, 0.3) is 0 Å². The van der Waals surface area contributed by atoms with Gasteiger partial charge in [0.25, 0.3) is 0 Å². The van der Waals surface area contributed by atoms with Crippen molar-refractivity contribution in [3.05, 3.63) is 0 Å². The molecular weight excluding hydrogens is 242 g/mol. The van der Waals surface area contributed by atoms with Gasteiger partial charge in [0.2, 0.25) is 11.9 Å². The Bertz CT molecular complexity index is 406. The van der Waals surface area contributed by atoms with Crippen LogP contribution in [0.1, 0.15) is 40.0 Å². The van der Waals surface area contributed by atoms with Gasteiger partial charge in [-0.25, -0.2) is 0 Å². The van der Waals surface area contributed by atoms with E-state index in [1.54, 1.807) is 0 Å². The zero-order valence-electron chi connectivity index (χ0n) is 11.9. The van der Waals surface area contributed by atoms with Gasteiger partial charge in [-0.15, -0.1) is 0 Å². The van der Waals surface area contributed by atoms with E-state index >= 15 is 0 Å². The van der Waals surface area contributed by atoms with Crippen molar-refractivity contribution in [2.75, 3.05) is 23.7 Å². The number of rotatable bonds is 8. The van der Waals surface area contributed by atoms with Crippen LogP contribution in [0.4, 0.5) is 11.9 Å². The van der Waals surface area contributed by atoms with Crippen LogP contribution >= 0.6 is 0 Å². The molecule has 0 spiro atoms. The molecule has 2 rings (SSSR count). The van der Waals surface area contributed by atoms with Crippen molar-refractivity contribution in [1.29, 1.82) is 0 Å². The van der Waals surface area contributed by atoms with E-state index in [0.717, 1.165) is 25.4 Å². The lowest BCUT2D eigenvalue weighted by Crippen LogP contribution is -2.15. The molecule has 1 aromatic rings. The summed E-state index contributed by atoms with van der Waals surface area (Å²) in [7, 11) is 0. The summed E-state index contributed by atoms with van der Waals surface area (Å²) < 4.78 is 5.56. The molecule has 1 heterocycles. The van der Waals surface area contributed by atoms with Crippen molar-refractivity contribution >= 4 is 11.9 Å². The fourth-order valence-electron chi connectivity index (χ4n) is 1.57. The van der Waals surface area contributed by atoms with Crippen molar-refractivity contribution in [1.82, 2.24) is 15.0 Å². The van der Waals surface area contributed by atoms with Gasteiger partial charge >= 0.3 is 6.01 Å². The second kappa shape index (κ2) is 6.54. The Morgan fingerprint density at radius 3 is 2.42 bits per heavy atom. The van der Waals surface area contributed by atoms with Gasteiger partial charge in [-0.3, -0.25) is 0 Å². The molecule has 6 nitrogen and oxygen atoms in total. The molecule has 0 atom stereocenters. The molecule has 1 aliphatic carbocycles. The van der Waals surface area contributed by atoms with Gasteiger partial charge in [-0.05, 0) is 39.0 Å². The predicted octanol–water partition coefficient (Wildman–Crippen LogP) is 2.30. The summed E-state index contributed by atoms with van der Waals surface area (Å²) in [5.74, 6) is 1.94. The SMILES string of the molecule is CCCNc1nc(NCC2CC2)nc(OC(C)C)n1. The normalized spacial score (nSPS) is 14.5. The van der Waals surface area contributed by atoms with E-state index in [0.29, 0.717) is 17.9 Å². The van der Waals surface area contributed by atoms with Gasteiger partial charge in [0, 0.05) is 13.1 Å². The van der Waals surface area contributed by atoms with E-state index < -0.39 is 0 Å². The number of ether oxygens (including phenoxy) is 1. The molecule has 1 aromatic heterocycles. The lowest BCUT2D eigenvalue weighted by atomic mass is 10.4. The quantitative estimate of drug-likeness (QED) is 0.751. The maximum Gasteiger partial charge on any atom is 0.323 e. The first-order valence-corrected chi connectivity index (χ1v) is 7.08. The molecule has 0 aromatic carbocycles. The van der Waals surface area contributed by atoms with E-state index in [1.165, 1.54) is 12.8 Å². The number of nitrogens with zero attached hydrogens (tertiary/aromatic N) is 3. The molecule has 0 radical (unpaired) electrons. The first kappa shape index (κ1) is 13.8. The highest BCUT2D eigenvalue weighted by atomic mass is 16.5. The summed E-state index contributed by atoms with van der Waals surface area (Å²) in [6.45, 7) is 7.79. The molecule has 0 amide bonds. The zero-order valence-corrected chi connectivity index (χ0v) is 11.9. The molecule has 1 aliphatic rings. The maximum atomic E-state index is 5.56. The third-order valence-electron chi connectivity index (χ3n) is 2.73. The number of nitrogens with one attached hydrogen (secondary N) is 2. The Morgan fingerprint density at radius 1 is 1.16 bits per heavy atom. The Morgan fingerprint density at radius 2 is 1.84 bits per heavy atom. The van der Waals surface area contributed by atoms with Crippen LogP contribution in [0.15, 0.2) is 0 Å². The summed E-state index contributed by atoms with van der Waals surface area (Å²) >= 11 is 0. The minimum atomic E-state index is 0.0534. The molecule has 106 valence electrons. The van der Waals surface area contributed by atoms with Crippen molar-refractivity contribution in [2.24, 2.45) is 5.92 Å². The second-order valence-corrected chi connectivity index (χ2v) is 5.18. The molecule has 6 heteroatoms. The number of hydrogen-bond acceptors (Lipinski definition) is 6. The van der Waals surface area contributed by atoms with Gasteiger partial charge in [-0.2, -0.15) is 15.0 Å². The van der Waals surface area contributed by atoms with Gasteiger partial charge in [0.05, 0.1) is 6.10 Å². The monoisotopic (exact) mass is 265 g/mol. The van der Waals surface area contributed by atoms with Gasteiger partial charge in [0.1, 0.15) is 0 Å². The Balaban J connectivity index is 2.04. The molecule has 19 heavy (non-hydrogen) atoms. The van der Waals surface area contributed by atoms with Crippen molar-refractivity contribution in [3.8, 4) is 6.01 Å². The number of aromatic nitrogens is 3. The van der Waals surface area contributed by atoms with Crippen molar-refractivity contribution in [3.63, 3.8) is 0 Å². The highest BCUT2D eigenvalue weighted by Crippen LogP contribution is 2.28. The number of anilines is 2. The van der Waals surface area contributed by atoms with E-state index in [2.05, 4.69) is 32.5 Å². The largest absolute Gasteiger partial charge is 0.461 e. The summed E-state index contributed by atoms with van der Waals surface area (Å²) in [4.78, 5) is 12.9. The van der Waals surface area contributed by atoms with E-state index in [1.807, 2.05) is 13.8 Å². The fourth-order valence-corrected chi connectivity index (χ4v) is 1.57. The smallest absolute Gasteiger partial charge is 0.323 e. The standard InChI is InChI=1S/C13H23N5O/c1-4-7-14-11-16-12(15-8-10-5-6-10)18-13(17-11)19-9(2)3/h9-10H,4-8H2,1-3H3,(H2,14,15,16,17,18). The molecule has 0 aliphatic heterocycles. The molecule has 2 N–H and O–H groups in total. The Hall–Kier alpha value is -1.59. The van der Waals surface area contributed by atoms with Crippen LogP contribution in [0.2, 0.25) is 0 Å². The highest BCUT2D eigenvalue weighted by molar-refractivity contribution is 5.36. The lowest BCUT2D eigenvalue weighted by Gasteiger charge is -2.11. The second-order valence-electron chi connectivity index (χ2n) is 5.18. The summed E-state index contributed by atoms with van der Waals surface area (Å²) in [5.41, 5.74) is 0. The molecule has 1 fully saturated rings. The third-order valence-corrected chi connectivity index (χ3v) is 2.73. The van der Waals surface area contributed by atoms with Crippen LogP contribution in [0.3, 0.4) is 0 Å². The Labute approximate surface area is 114 Å². The zero-order chi connectivity index (χ0) is 13.7. The minimum absolute atomic E-state index is 0.0534. The highest BCUT2D eigenvalue weighted by Gasteiger charge is 2.21. The minimum Gasteiger partial charge on any atom is -0.461 e. The van der Waals surface area contributed by atoms with Crippen molar-refractivity contribution in [2.45, 2.75) is 46.1 Å². The van der Waals surface area contributed by atoms with Crippen LogP contribution in [-0.2, 0) is 0 Å². The van der Waals surface area contributed by atoms with Crippen LogP contribution in [0.5, 0.6) is 6.01 Å². The first-order valence-electron chi connectivity index (χ1n) is 7.08. The van der Waals surface area contributed by atoms with E-state index in [4.69, 9.17) is 4.74 Å². The van der Waals surface area contributed by atoms with Crippen LogP contribution < -0.4 is 15.4 Å². The Kier molecular flexibility index (Phi) is 4.76. The predicted molar refractivity (Wildman–Crippen MR) is 75.6 cm³/mol. The third kappa shape index (κ3) is 4.89. The summed E-state index contributed by atoms with van der Waals surface area (Å²) in [6, 6.07) is 0.377. The van der Waals surface area contributed by atoms with Crippen molar-refractivity contribution < 1.29 is 4.74 Å². The summed E-state index contributed by atoms with van der Waals surface area (Å²) in [5, 5.41) is 6.42. The number of hydrogen-bond donors (Lipinski definition) is 2. The lowest BCUT2D eigenvalue weighted by molar-refractivity contribution is 0.222. The van der Waals surface area contributed by atoms with Gasteiger partial charge in [0.15, 0.2) is 0 Å². The van der Waals surface area contributed by atoms with Crippen LogP contribution in [-0.4, -0.2) is 34.1 Å². The molecule has 0 bridgehead atoms. The molecule has 1 saturated carbocycles. The van der Waals surface area contributed by atoms with E-state index in [9.17, 15) is 0 Å². The van der Waals surface area contributed by atoms with Crippen LogP contribution in [0, 0.1) is 5.92 Å². The van der Waals surface area contributed by atoms with Gasteiger partial charge in [-0.1, -0.05) is 6.92 Å². The first-order chi connectivity index (χ1) is 9.17. The van der Waals surface area contributed by atoms with E-state index in [-0.39, 0.29) is 6.10 Å². The molecular formula is C13H23N5O. The molecule has 0 unspecified atom stereocenters. The molecule has 0 saturated heterocycles. The maximum absolute atomic E-state index is 5.56. The average Bonchev–Trinajstić information content (AvgIpc) is 3.17. The topological polar surface area (TPSA) is 72.0 Å². The fraction of sp³-hybridized carbons (Fsp3) is 0.769.